The number of amides is 1. The zero-order chi connectivity index (χ0) is 18.0. The number of halogens is 1. The number of rotatable bonds is 3. The van der Waals surface area contributed by atoms with Crippen molar-refractivity contribution >= 4 is 43.2 Å². The van der Waals surface area contributed by atoms with Gasteiger partial charge in [-0.05, 0) is 34.1 Å². The molecule has 0 bridgehead atoms. The maximum Gasteiger partial charge on any atom is 0.279 e. The van der Waals surface area contributed by atoms with Crippen LogP contribution in [-0.2, 0) is 21.8 Å². The number of thiazole rings is 1. The van der Waals surface area contributed by atoms with E-state index in [1.807, 2.05) is 5.38 Å². The van der Waals surface area contributed by atoms with Gasteiger partial charge in [0.2, 0.25) is 10.0 Å². The van der Waals surface area contributed by atoms with Crippen LogP contribution in [0.25, 0.3) is 0 Å². The van der Waals surface area contributed by atoms with Crippen LogP contribution in [0.1, 0.15) is 10.4 Å². The van der Waals surface area contributed by atoms with Crippen LogP contribution in [0.4, 0.5) is 0 Å². The lowest BCUT2D eigenvalue weighted by molar-refractivity contribution is 0.0730. The summed E-state index contributed by atoms with van der Waals surface area (Å²) in [5, 5.41) is 1.82. The summed E-state index contributed by atoms with van der Waals surface area (Å²) >= 11 is 4.61. The number of aryl methyl sites for hydroxylation is 1. The van der Waals surface area contributed by atoms with E-state index in [2.05, 4.69) is 20.9 Å². The second kappa shape index (κ2) is 7.50. The number of carbonyl (C=O) groups excluding carboxylic acids is 1. The SMILES string of the molecule is Cn1ccsc1=NC(=O)c1ccc(Br)c(S(=O)(=O)N2CCOCC2)c1. The molecule has 0 aliphatic carbocycles. The fourth-order valence-electron chi connectivity index (χ4n) is 2.35. The van der Waals surface area contributed by atoms with Gasteiger partial charge in [0.25, 0.3) is 5.91 Å². The molecule has 0 unspecified atom stereocenters. The average Bonchev–Trinajstić information content (AvgIpc) is 3.00. The Hall–Kier alpha value is -1.33. The Kier molecular flexibility index (Phi) is 5.54. The summed E-state index contributed by atoms with van der Waals surface area (Å²) in [4.78, 5) is 17.1. The van der Waals surface area contributed by atoms with Gasteiger partial charge < -0.3 is 9.30 Å². The van der Waals surface area contributed by atoms with Gasteiger partial charge in [0.15, 0.2) is 4.80 Å². The van der Waals surface area contributed by atoms with Gasteiger partial charge in [-0.15, -0.1) is 11.3 Å². The maximum atomic E-state index is 12.9. The molecule has 0 spiro atoms. The Bertz CT molecular complexity index is 959. The van der Waals surface area contributed by atoms with Crippen molar-refractivity contribution in [3.05, 3.63) is 44.6 Å². The fourth-order valence-corrected chi connectivity index (χ4v) is 5.43. The molecule has 1 saturated heterocycles. The normalized spacial score (nSPS) is 17.0. The highest BCUT2D eigenvalue weighted by Gasteiger charge is 2.28. The lowest BCUT2D eigenvalue weighted by atomic mass is 10.2. The minimum atomic E-state index is -3.71. The number of nitrogens with zero attached hydrogens (tertiary/aromatic N) is 3. The van der Waals surface area contributed by atoms with E-state index in [0.717, 1.165) is 0 Å². The lowest BCUT2D eigenvalue weighted by Crippen LogP contribution is -2.40. The molecule has 0 N–H and O–H groups in total. The second-order valence-corrected chi connectivity index (χ2v) is 9.01. The summed E-state index contributed by atoms with van der Waals surface area (Å²) in [6.45, 7) is 1.31. The van der Waals surface area contributed by atoms with Crippen LogP contribution in [0.15, 0.2) is 44.1 Å². The largest absolute Gasteiger partial charge is 0.379 e. The van der Waals surface area contributed by atoms with E-state index in [-0.39, 0.29) is 10.5 Å². The van der Waals surface area contributed by atoms with Crippen molar-refractivity contribution in [1.29, 1.82) is 0 Å². The van der Waals surface area contributed by atoms with Crippen molar-refractivity contribution in [3.8, 4) is 0 Å². The van der Waals surface area contributed by atoms with Gasteiger partial charge in [-0.2, -0.15) is 9.30 Å². The molecule has 1 aliphatic heterocycles. The Morgan fingerprint density at radius 2 is 2.04 bits per heavy atom. The van der Waals surface area contributed by atoms with Crippen molar-refractivity contribution in [1.82, 2.24) is 8.87 Å². The zero-order valence-electron chi connectivity index (χ0n) is 13.4. The molecule has 25 heavy (non-hydrogen) atoms. The quantitative estimate of drug-likeness (QED) is 0.718. The number of hydrogen-bond acceptors (Lipinski definition) is 5. The molecule has 1 aromatic carbocycles. The minimum Gasteiger partial charge on any atom is -0.379 e. The summed E-state index contributed by atoms with van der Waals surface area (Å²) < 4.78 is 34.4. The van der Waals surface area contributed by atoms with Gasteiger partial charge in [-0.25, -0.2) is 8.42 Å². The van der Waals surface area contributed by atoms with Crippen LogP contribution in [-0.4, -0.2) is 49.5 Å². The van der Waals surface area contributed by atoms with Gasteiger partial charge in [0.05, 0.1) is 18.1 Å². The average molecular weight is 446 g/mol. The lowest BCUT2D eigenvalue weighted by Gasteiger charge is -2.26. The van der Waals surface area contributed by atoms with Gasteiger partial charge in [-0.3, -0.25) is 4.79 Å². The number of aromatic nitrogens is 1. The van der Waals surface area contributed by atoms with Crippen molar-refractivity contribution in [2.75, 3.05) is 26.3 Å². The van der Waals surface area contributed by atoms with Gasteiger partial charge in [0.1, 0.15) is 0 Å². The Labute approximate surface area is 157 Å². The van der Waals surface area contributed by atoms with Crippen LogP contribution in [0.2, 0.25) is 0 Å². The van der Waals surface area contributed by atoms with E-state index in [4.69, 9.17) is 4.74 Å². The Balaban J connectivity index is 1.98. The van der Waals surface area contributed by atoms with Crippen LogP contribution >= 0.6 is 27.3 Å². The molecule has 2 heterocycles. The van der Waals surface area contributed by atoms with Crippen LogP contribution < -0.4 is 4.80 Å². The summed E-state index contributed by atoms with van der Waals surface area (Å²) in [5.74, 6) is -0.482. The smallest absolute Gasteiger partial charge is 0.279 e. The molecular formula is C15H16BrN3O4S2. The molecule has 7 nitrogen and oxygen atoms in total. The third kappa shape index (κ3) is 3.93. The highest BCUT2D eigenvalue weighted by Crippen LogP contribution is 2.27. The third-order valence-electron chi connectivity index (χ3n) is 3.72. The summed E-state index contributed by atoms with van der Waals surface area (Å²) in [6, 6.07) is 4.49. The van der Waals surface area contributed by atoms with Crippen molar-refractivity contribution in [2.24, 2.45) is 12.0 Å². The Morgan fingerprint density at radius 1 is 1.32 bits per heavy atom. The molecule has 1 amide bonds. The van der Waals surface area contributed by atoms with Crippen LogP contribution in [0.5, 0.6) is 0 Å². The third-order valence-corrected chi connectivity index (χ3v) is 7.46. The van der Waals surface area contributed by atoms with E-state index in [9.17, 15) is 13.2 Å². The summed E-state index contributed by atoms with van der Waals surface area (Å²) in [5.41, 5.74) is 0.225. The van der Waals surface area contributed by atoms with E-state index in [0.29, 0.717) is 35.6 Å². The Morgan fingerprint density at radius 3 is 2.68 bits per heavy atom. The topological polar surface area (TPSA) is 81.0 Å². The zero-order valence-corrected chi connectivity index (χ0v) is 16.6. The molecule has 1 aromatic heterocycles. The minimum absolute atomic E-state index is 0.0611. The molecule has 2 aromatic rings. The maximum absolute atomic E-state index is 12.9. The molecule has 134 valence electrons. The first kappa shape index (κ1) is 18.5. The van der Waals surface area contributed by atoms with Crippen LogP contribution in [0.3, 0.4) is 0 Å². The second-order valence-electron chi connectivity index (χ2n) is 5.38. The summed E-state index contributed by atoms with van der Waals surface area (Å²) in [7, 11) is -1.92. The molecule has 3 rings (SSSR count). The summed E-state index contributed by atoms with van der Waals surface area (Å²) in [6.07, 6.45) is 1.80. The van der Waals surface area contributed by atoms with Gasteiger partial charge in [-0.1, -0.05) is 0 Å². The van der Waals surface area contributed by atoms with E-state index in [1.165, 1.54) is 21.7 Å². The first-order valence-electron chi connectivity index (χ1n) is 7.46. The molecule has 10 heteroatoms. The first-order valence-corrected chi connectivity index (χ1v) is 10.6. The molecule has 0 saturated carbocycles. The van der Waals surface area contributed by atoms with Crippen molar-refractivity contribution in [2.45, 2.75) is 4.90 Å². The van der Waals surface area contributed by atoms with Crippen molar-refractivity contribution < 1.29 is 17.9 Å². The van der Waals surface area contributed by atoms with E-state index >= 15 is 0 Å². The number of carbonyl (C=O) groups is 1. The molecule has 1 fully saturated rings. The number of hydrogen-bond donors (Lipinski definition) is 0. The van der Waals surface area contributed by atoms with Crippen molar-refractivity contribution in [3.63, 3.8) is 0 Å². The van der Waals surface area contributed by atoms with Gasteiger partial charge in [0, 0.05) is 41.8 Å². The number of ether oxygens (including phenoxy) is 1. The monoisotopic (exact) mass is 445 g/mol. The number of sulfonamides is 1. The number of benzene rings is 1. The molecular weight excluding hydrogens is 430 g/mol. The van der Waals surface area contributed by atoms with Crippen LogP contribution in [0, 0.1) is 0 Å². The number of morpholine rings is 1. The predicted octanol–water partition coefficient (Wildman–Crippen LogP) is 1.61. The standard InChI is InChI=1S/C15H16BrN3O4S2/c1-18-6-9-24-15(18)17-14(20)11-2-3-12(16)13(10-11)25(21,22)19-4-7-23-8-5-19/h2-3,6,9-10H,4-5,7-8H2,1H3. The predicted molar refractivity (Wildman–Crippen MR) is 96.9 cm³/mol. The molecule has 1 aliphatic rings. The fraction of sp³-hybridized carbons (Fsp3) is 0.333. The van der Waals surface area contributed by atoms with Gasteiger partial charge >= 0.3 is 0 Å². The molecule has 0 atom stereocenters. The molecule has 0 radical (unpaired) electrons. The highest BCUT2D eigenvalue weighted by molar-refractivity contribution is 9.10. The first-order chi connectivity index (χ1) is 11.9. The van der Waals surface area contributed by atoms with E-state index in [1.54, 1.807) is 29.9 Å². The van der Waals surface area contributed by atoms with E-state index < -0.39 is 15.9 Å². The highest BCUT2D eigenvalue weighted by atomic mass is 79.9.